The van der Waals surface area contributed by atoms with Crippen LogP contribution in [0.3, 0.4) is 0 Å². The molecule has 144 valence electrons. The van der Waals surface area contributed by atoms with E-state index >= 15 is 0 Å². The Morgan fingerprint density at radius 1 is 1.21 bits per heavy atom. The molecule has 7 nitrogen and oxygen atoms in total. The average Bonchev–Trinajstić information content (AvgIpc) is 3.10. The molecule has 0 atom stereocenters. The quantitative estimate of drug-likeness (QED) is 0.504. The minimum Gasteiger partial charge on any atom is -0.488 e. The molecule has 1 aromatic carbocycles. The van der Waals surface area contributed by atoms with E-state index in [0.29, 0.717) is 32.6 Å². The minimum absolute atomic E-state index is 0.0178. The van der Waals surface area contributed by atoms with Gasteiger partial charge in [0.2, 0.25) is 0 Å². The number of nitrogens with one attached hydrogen (secondary N) is 2. The first kappa shape index (κ1) is 19.0. The summed E-state index contributed by atoms with van der Waals surface area (Å²) in [6.45, 7) is 2.09. The molecule has 0 amide bonds. The number of aromatic amines is 2. The number of aromatic nitrogens is 4. The number of halogens is 2. The summed E-state index contributed by atoms with van der Waals surface area (Å²) < 4.78 is 5.97. The summed E-state index contributed by atoms with van der Waals surface area (Å²) >= 11 is 12.3. The van der Waals surface area contributed by atoms with E-state index in [1.54, 1.807) is 0 Å². The van der Waals surface area contributed by atoms with E-state index in [1.807, 2.05) is 25.1 Å². The Labute approximate surface area is 174 Å². The predicted octanol–water partition coefficient (Wildman–Crippen LogP) is 4.38. The highest BCUT2D eigenvalue weighted by molar-refractivity contribution is 6.35. The van der Waals surface area contributed by atoms with E-state index in [0.717, 1.165) is 16.5 Å². The molecule has 0 fully saturated rings. The van der Waals surface area contributed by atoms with Crippen LogP contribution in [-0.2, 0) is 6.61 Å². The van der Waals surface area contributed by atoms with Crippen LogP contribution in [0.1, 0.15) is 16.7 Å². The lowest BCUT2D eigenvalue weighted by Crippen LogP contribution is -2.08. The van der Waals surface area contributed by atoms with Gasteiger partial charge in [-0.15, -0.1) is 0 Å². The molecule has 9 heteroatoms. The molecule has 29 heavy (non-hydrogen) atoms. The fraction of sp³-hybridized carbons (Fsp3) is 0.100. The number of aryl methyl sites for hydroxylation is 1. The Kier molecular flexibility index (Phi) is 4.97. The second-order valence-electron chi connectivity index (χ2n) is 6.35. The summed E-state index contributed by atoms with van der Waals surface area (Å²) in [6, 6.07) is 7.15. The zero-order valence-corrected chi connectivity index (χ0v) is 16.6. The highest BCUT2D eigenvalue weighted by atomic mass is 35.5. The molecule has 0 aliphatic carbocycles. The maximum atomic E-state index is 11.7. The van der Waals surface area contributed by atoms with Gasteiger partial charge in [-0.1, -0.05) is 23.2 Å². The molecule has 0 spiro atoms. The van der Waals surface area contributed by atoms with Gasteiger partial charge < -0.3 is 9.72 Å². The van der Waals surface area contributed by atoms with Crippen molar-refractivity contribution >= 4 is 34.1 Å². The molecular weight excluding hydrogens is 413 g/mol. The molecule has 0 saturated carbocycles. The fourth-order valence-corrected chi connectivity index (χ4v) is 3.43. The van der Waals surface area contributed by atoms with Gasteiger partial charge in [0.05, 0.1) is 15.6 Å². The number of benzene rings is 1. The van der Waals surface area contributed by atoms with Crippen molar-refractivity contribution in [3.8, 4) is 23.1 Å². The van der Waals surface area contributed by atoms with Gasteiger partial charge >= 0.3 is 0 Å². The lowest BCUT2D eigenvalue weighted by atomic mass is 10.1. The van der Waals surface area contributed by atoms with Crippen molar-refractivity contribution in [3.63, 3.8) is 0 Å². The van der Waals surface area contributed by atoms with Crippen molar-refractivity contribution in [2.75, 3.05) is 0 Å². The normalized spacial score (nSPS) is 10.8. The fourth-order valence-electron chi connectivity index (χ4n) is 2.96. The Morgan fingerprint density at radius 3 is 2.69 bits per heavy atom. The molecule has 4 aromatic rings. The van der Waals surface area contributed by atoms with Gasteiger partial charge in [0.25, 0.3) is 5.56 Å². The summed E-state index contributed by atoms with van der Waals surface area (Å²) in [5.74, 6) is 0.633. The maximum Gasteiger partial charge on any atom is 0.265 e. The number of fused-ring (bicyclic) bond motifs is 1. The number of nitrogens with zero attached hydrogens (tertiary/aromatic N) is 3. The Balaban J connectivity index is 1.74. The number of ether oxygens (including phenoxy) is 1. The number of nitriles is 1. The molecule has 0 unspecified atom stereocenters. The van der Waals surface area contributed by atoms with Crippen molar-refractivity contribution < 1.29 is 4.74 Å². The summed E-state index contributed by atoms with van der Waals surface area (Å²) in [7, 11) is 0. The lowest BCUT2D eigenvalue weighted by Gasteiger charge is -2.11. The van der Waals surface area contributed by atoms with Crippen molar-refractivity contribution in [2.45, 2.75) is 13.5 Å². The molecule has 0 aliphatic rings. The van der Waals surface area contributed by atoms with E-state index < -0.39 is 5.56 Å². The first-order valence-corrected chi connectivity index (χ1v) is 9.26. The molecular formula is C20H13Cl2N5O2. The Morgan fingerprint density at radius 2 is 1.97 bits per heavy atom. The van der Waals surface area contributed by atoms with E-state index in [4.69, 9.17) is 33.2 Å². The number of pyridine rings is 2. The largest absolute Gasteiger partial charge is 0.488 e. The molecule has 0 radical (unpaired) electrons. The van der Waals surface area contributed by atoms with E-state index in [-0.39, 0.29) is 12.2 Å². The van der Waals surface area contributed by atoms with E-state index in [2.05, 4.69) is 20.2 Å². The predicted molar refractivity (Wildman–Crippen MR) is 110 cm³/mol. The smallest absolute Gasteiger partial charge is 0.265 e. The van der Waals surface area contributed by atoms with Crippen LogP contribution in [0.2, 0.25) is 10.0 Å². The zero-order valence-electron chi connectivity index (χ0n) is 15.1. The third-order valence-electron chi connectivity index (χ3n) is 4.48. The molecule has 3 aromatic heterocycles. The van der Waals surface area contributed by atoms with Crippen molar-refractivity contribution in [1.29, 1.82) is 5.26 Å². The van der Waals surface area contributed by atoms with Crippen LogP contribution < -0.4 is 10.3 Å². The van der Waals surface area contributed by atoms with Crippen LogP contribution in [0.5, 0.6) is 5.75 Å². The monoisotopic (exact) mass is 425 g/mol. The maximum absolute atomic E-state index is 11.7. The Hall–Kier alpha value is -3.34. The molecule has 4 rings (SSSR count). The molecule has 0 aliphatic heterocycles. The van der Waals surface area contributed by atoms with Crippen molar-refractivity contribution in [2.24, 2.45) is 0 Å². The van der Waals surface area contributed by atoms with Crippen LogP contribution in [-0.4, -0.2) is 20.2 Å². The van der Waals surface area contributed by atoms with E-state index in [9.17, 15) is 4.79 Å². The first-order valence-electron chi connectivity index (χ1n) is 8.50. The zero-order chi connectivity index (χ0) is 20.5. The third kappa shape index (κ3) is 3.56. The van der Waals surface area contributed by atoms with Crippen LogP contribution >= 0.6 is 23.2 Å². The van der Waals surface area contributed by atoms with Gasteiger partial charge in [0.1, 0.15) is 29.7 Å². The number of hydrogen-bond donors (Lipinski definition) is 2. The van der Waals surface area contributed by atoms with Crippen LogP contribution in [0.4, 0.5) is 0 Å². The van der Waals surface area contributed by atoms with Gasteiger partial charge in [-0.2, -0.15) is 10.4 Å². The first-order chi connectivity index (χ1) is 14.0. The summed E-state index contributed by atoms with van der Waals surface area (Å²) in [6.07, 6.45) is 4.55. The lowest BCUT2D eigenvalue weighted by molar-refractivity contribution is 0.304. The summed E-state index contributed by atoms with van der Waals surface area (Å²) in [5, 5.41) is 18.1. The van der Waals surface area contributed by atoms with Gasteiger partial charge in [-0.3, -0.25) is 14.9 Å². The second kappa shape index (κ2) is 7.59. The third-order valence-corrected chi connectivity index (χ3v) is 5.13. The highest BCUT2D eigenvalue weighted by Gasteiger charge is 2.14. The van der Waals surface area contributed by atoms with Crippen LogP contribution in [0.25, 0.3) is 22.2 Å². The van der Waals surface area contributed by atoms with Gasteiger partial charge in [0, 0.05) is 35.1 Å². The van der Waals surface area contributed by atoms with E-state index in [1.165, 1.54) is 24.7 Å². The SMILES string of the molecule is Cc1cc2[nH]nc(-c3c[nH]c(=O)c(C#N)c3)c2cc1OCc1c(Cl)cncc1Cl. The molecule has 0 saturated heterocycles. The second-order valence-corrected chi connectivity index (χ2v) is 7.16. The standard InChI is InChI=1S/C20H13Cl2N5O2/c1-10-2-17-13(4-18(10)29-9-14-15(21)7-24-8-16(14)22)19(27-26-17)12-3-11(5-23)20(28)25-6-12/h2-4,6-8H,9H2,1H3,(H,25,28)(H,26,27). The van der Waals surface area contributed by atoms with Gasteiger partial charge in [0.15, 0.2) is 0 Å². The minimum atomic E-state index is -0.443. The van der Waals surface area contributed by atoms with Crippen LogP contribution in [0.15, 0.2) is 41.6 Å². The van der Waals surface area contributed by atoms with Crippen molar-refractivity contribution in [1.82, 2.24) is 20.2 Å². The summed E-state index contributed by atoms with van der Waals surface area (Å²) in [4.78, 5) is 18.2. The topological polar surface area (TPSA) is 107 Å². The average molecular weight is 426 g/mol. The van der Waals surface area contributed by atoms with Gasteiger partial charge in [-0.05, 0) is 30.7 Å². The number of hydrogen-bond acceptors (Lipinski definition) is 5. The van der Waals surface area contributed by atoms with Gasteiger partial charge in [-0.25, -0.2) is 0 Å². The molecule has 0 bridgehead atoms. The number of H-pyrrole nitrogens is 2. The molecule has 2 N–H and O–H groups in total. The highest BCUT2D eigenvalue weighted by Crippen LogP contribution is 2.32. The molecule has 3 heterocycles. The number of rotatable bonds is 4. The van der Waals surface area contributed by atoms with Crippen LogP contribution in [0, 0.1) is 18.3 Å². The summed E-state index contributed by atoms with van der Waals surface area (Å²) in [5.41, 5.74) is 3.13. The van der Waals surface area contributed by atoms with Crippen molar-refractivity contribution in [3.05, 3.63) is 73.9 Å². The Bertz CT molecular complexity index is 1320.